The topological polar surface area (TPSA) is 65.7 Å². The molecule has 0 bridgehead atoms. The number of fused-ring (bicyclic) bond motifs is 1. The fourth-order valence-corrected chi connectivity index (χ4v) is 2.95. The summed E-state index contributed by atoms with van der Waals surface area (Å²) >= 11 is 0. The molecule has 0 fully saturated rings. The summed E-state index contributed by atoms with van der Waals surface area (Å²) < 4.78 is 68.3. The number of alkyl halides is 3. The normalized spacial score (nSPS) is 11.9. The molecule has 2 aromatic carbocycles. The Hall–Kier alpha value is -2.97. The molecule has 9 heteroatoms. The van der Waals surface area contributed by atoms with Crippen LogP contribution in [0, 0.1) is 11.6 Å². The molecule has 0 spiro atoms. The second kappa shape index (κ2) is 6.08. The third-order valence-corrected chi connectivity index (χ3v) is 4.00. The van der Waals surface area contributed by atoms with Crippen molar-refractivity contribution in [3.63, 3.8) is 0 Å². The van der Waals surface area contributed by atoms with E-state index in [0.29, 0.717) is 12.1 Å². The second-order valence-electron chi connectivity index (χ2n) is 5.58. The predicted octanol–water partition coefficient (Wildman–Crippen LogP) is 3.74. The van der Waals surface area contributed by atoms with Gasteiger partial charge in [-0.3, -0.25) is 9.78 Å². The molecular weight excluding hydrogens is 359 g/mol. The number of hydrogen-bond donors (Lipinski definition) is 2. The van der Waals surface area contributed by atoms with Crippen LogP contribution < -0.4 is 11.2 Å². The van der Waals surface area contributed by atoms with Crippen molar-refractivity contribution in [2.75, 3.05) is 0 Å². The molecule has 3 aromatic rings. The minimum absolute atomic E-state index is 0.0358. The number of benzene rings is 2. The molecule has 0 radical (unpaired) electrons. The number of hydrogen-bond acceptors (Lipinski definition) is 2. The molecule has 0 unspecified atom stereocenters. The molecule has 4 nitrogen and oxygen atoms in total. The van der Waals surface area contributed by atoms with E-state index >= 15 is 0 Å². The Balaban J connectivity index is 2.58. The van der Waals surface area contributed by atoms with Gasteiger partial charge in [0.15, 0.2) is 0 Å². The predicted molar refractivity (Wildman–Crippen MR) is 84.9 cm³/mol. The lowest BCUT2D eigenvalue weighted by Gasteiger charge is -2.19. The van der Waals surface area contributed by atoms with Gasteiger partial charge in [0.1, 0.15) is 11.6 Å². The molecule has 0 saturated carbocycles. The van der Waals surface area contributed by atoms with Crippen LogP contribution in [0.5, 0.6) is 0 Å². The first-order chi connectivity index (χ1) is 12.1. The van der Waals surface area contributed by atoms with Gasteiger partial charge < -0.3 is 4.98 Å². The minimum Gasteiger partial charge on any atom is -0.307 e. The molecule has 136 valence electrons. The summed E-state index contributed by atoms with van der Waals surface area (Å²) in [6.07, 6.45) is -4.94. The van der Waals surface area contributed by atoms with E-state index in [2.05, 4.69) is 4.98 Å². The number of rotatable bonds is 2. The monoisotopic (exact) mass is 370 g/mol. The van der Waals surface area contributed by atoms with Crippen LogP contribution in [0.15, 0.2) is 33.9 Å². The van der Waals surface area contributed by atoms with E-state index in [1.165, 1.54) is 6.92 Å². The van der Waals surface area contributed by atoms with Gasteiger partial charge in [0, 0.05) is 17.2 Å². The van der Waals surface area contributed by atoms with Crippen LogP contribution in [0.2, 0.25) is 0 Å². The van der Waals surface area contributed by atoms with Crippen molar-refractivity contribution < 1.29 is 22.0 Å². The van der Waals surface area contributed by atoms with Crippen molar-refractivity contribution in [1.29, 1.82) is 0 Å². The highest BCUT2D eigenvalue weighted by Crippen LogP contribution is 2.42. The molecular formula is C17H11F5N2O2. The van der Waals surface area contributed by atoms with Crippen LogP contribution in [-0.4, -0.2) is 9.97 Å². The van der Waals surface area contributed by atoms with Crippen LogP contribution in [0.3, 0.4) is 0 Å². The zero-order valence-electron chi connectivity index (χ0n) is 13.2. The Bertz CT molecular complexity index is 1130. The molecule has 0 amide bonds. The first kappa shape index (κ1) is 17.8. The lowest BCUT2D eigenvalue weighted by Crippen LogP contribution is -2.24. The zero-order valence-corrected chi connectivity index (χ0v) is 13.2. The Labute approximate surface area is 142 Å². The first-order valence-corrected chi connectivity index (χ1v) is 7.48. The van der Waals surface area contributed by atoms with E-state index < -0.39 is 45.8 Å². The summed E-state index contributed by atoms with van der Waals surface area (Å²) in [5.74, 6) is -2.12. The van der Waals surface area contributed by atoms with Crippen molar-refractivity contribution in [3.8, 4) is 11.1 Å². The number of aromatic nitrogens is 2. The average molecular weight is 370 g/mol. The van der Waals surface area contributed by atoms with Crippen LogP contribution in [-0.2, 0) is 12.6 Å². The third-order valence-electron chi connectivity index (χ3n) is 4.00. The van der Waals surface area contributed by atoms with Crippen LogP contribution in [0.1, 0.15) is 18.1 Å². The smallest absolute Gasteiger partial charge is 0.307 e. The molecule has 2 N–H and O–H groups in total. The van der Waals surface area contributed by atoms with Gasteiger partial charge in [0.2, 0.25) is 0 Å². The molecule has 1 aromatic heterocycles. The average Bonchev–Trinajstić information content (AvgIpc) is 2.52. The molecule has 26 heavy (non-hydrogen) atoms. The van der Waals surface area contributed by atoms with Gasteiger partial charge in [0.05, 0.1) is 16.5 Å². The fourth-order valence-electron chi connectivity index (χ4n) is 2.95. The maximum absolute atomic E-state index is 14.2. The standard InChI is InChI=1S/C17H11F5N2O2/c1-2-8-13(9-4-3-7(18)5-12(9)19)11(17(20,21)22)6-10-14(8)23-16(26)24-15(10)25/h3-6H,2H2,1H3,(H2,23,24,25,26). The largest absolute Gasteiger partial charge is 0.417 e. The van der Waals surface area contributed by atoms with E-state index in [1.54, 1.807) is 0 Å². The molecule has 3 rings (SSSR count). The summed E-state index contributed by atoms with van der Waals surface area (Å²) in [7, 11) is 0. The van der Waals surface area contributed by atoms with E-state index in [0.717, 1.165) is 12.1 Å². The summed E-state index contributed by atoms with van der Waals surface area (Å²) in [5.41, 5.74) is -4.33. The third kappa shape index (κ3) is 2.89. The summed E-state index contributed by atoms with van der Waals surface area (Å²) in [4.78, 5) is 27.7. The number of aryl methyl sites for hydroxylation is 1. The molecule has 0 aliphatic carbocycles. The number of halogens is 5. The van der Waals surface area contributed by atoms with Crippen LogP contribution in [0.25, 0.3) is 22.0 Å². The van der Waals surface area contributed by atoms with Crippen molar-refractivity contribution in [1.82, 2.24) is 9.97 Å². The van der Waals surface area contributed by atoms with Gasteiger partial charge in [-0.15, -0.1) is 0 Å². The van der Waals surface area contributed by atoms with E-state index in [4.69, 9.17) is 0 Å². The fraction of sp³-hybridized carbons (Fsp3) is 0.176. The Morgan fingerprint density at radius 3 is 2.31 bits per heavy atom. The molecule has 0 aliphatic rings. The van der Waals surface area contributed by atoms with Crippen LogP contribution >= 0.6 is 0 Å². The van der Waals surface area contributed by atoms with Gasteiger partial charge in [-0.25, -0.2) is 13.6 Å². The maximum atomic E-state index is 14.2. The van der Waals surface area contributed by atoms with E-state index in [9.17, 15) is 31.5 Å². The second-order valence-corrected chi connectivity index (χ2v) is 5.58. The summed E-state index contributed by atoms with van der Waals surface area (Å²) in [5, 5.41) is -0.375. The minimum atomic E-state index is -4.91. The molecule has 0 aliphatic heterocycles. The Morgan fingerprint density at radius 2 is 1.73 bits per heavy atom. The SMILES string of the molecule is CCc1c(-c2ccc(F)cc2F)c(C(F)(F)F)cc2c(=O)[nH]c(=O)[nH]c12. The van der Waals surface area contributed by atoms with Crippen molar-refractivity contribution in [2.24, 2.45) is 0 Å². The van der Waals surface area contributed by atoms with Gasteiger partial charge in [-0.05, 0) is 30.2 Å². The van der Waals surface area contributed by atoms with E-state index in [1.807, 2.05) is 4.98 Å². The van der Waals surface area contributed by atoms with Crippen molar-refractivity contribution in [2.45, 2.75) is 19.5 Å². The van der Waals surface area contributed by atoms with Gasteiger partial charge in [-0.2, -0.15) is 13.2 Å². The first-order valence-electron chi connectivity index (χ1n) is 7.48. The zero-order chi connectivity index (χ0) is 19.2. The maximum Gasteiger partial charge on any atom is 0.417 e. The quantitative estimate of drug-likeness (QED) is 0.675. The molecule has 0 atom stereocenters. The molecule has 1 heterocycles. The number of H-pyrrole nitrogens is 2. The number of aromatic amines is 2. The Kier molecular flexibility index (Phi) is 4.17. The van der Waals surface area contributed by atoms with Gasteiger partial charge in [0.25, 0.3) is 5.56 Å². The van der Waals surface area contributed by atoms with Gasteiger partial charge in [-0.1, -0.05) is 6.92 Å². The molecule has 0 saturated heterocycles. The summed E-state index contributed by atoms with van der Waals surface area (Å²) in [6, 6.07) is 2.76. The highest BCUT2D eigenvalue weighted by molar-refractivity contribution is 5.90. The highest BCUT2D eigenvalue weighted by atomic mass is 19.4. The lowest BCUT2D eigenvalue weighted by molar-refractivity contribution is -0.137. The highest BCUT2D eigenvalue weighted by Gasteiger charge is 2.36. The Morgan fingerprint density at radius 1 is 1.04 bits per heavy atom. The van der Waals surface area contributed by atoms with Crippen molar-refractivity contribution >= 4 is 10.9 Å². The van der Waals surface area contributed by atoms with Crippen molar-refractivity contribution in [3.05, 3.63) is 67.9 Å². The lowest BCUT2D eigenvalue weighted by atomic mass is 9.90. The van der Waals surface area contributed by atoms with E-state index in [-0.39, 0.29) is 22.9 Å². The van der Waals surface area contributed by atoms with Gasteiger partial charge >= 0.3 is 11.9 Å². The van der Waals surface area contributed by atoms with Crippen LogP contribution in [0.4, 0.5) is 22.0 Å². The number of nitrogens with one attached hydrogen (secondary N) is 2. The summed E-state index contributed by atoms with van der Waals surface area (Å²) in [6.45, 7) is 1.50.